The molecular weight excluding hydrogens is 448 g/mol. The average molecular weight is 483 g/mol. The highest BCUT2D eigenvalue weighted by atomic mass is 19.2. The van der Waals surface area contributed by atoms with Crippen molar-refractivity contribution >= 4 is 11.1 Å². The van der Waals surface area contributed by atoms with Crippen molar-refractivity contribution in [3.8, 4) is 11.1 Å². The molecule has 3 aliphatic rings. The molecule has 0 aromatic heterocycles. The molecular formula is C31H34F4. The van der Waals surface area contributed by atoms with Crippen molar-refractivity contribution in [2.75, 3.05) is 0 Å². The van der Waals surface area contributed by atoms with Crippen LogP contribution >= 0.6 is 0 Å². The fourth-order valence-corrected chi connectivity index (χ4v) is 6.54. The lowest BCUT2D eigenvalue weighted by Crippen LogP contribution is -2.16. The quantitative estimate of drug-likeness (QED) is 0.318. The van der Waals surface area contributed by atoms with Crippen LogP contribution in [0.25, 0.3) is 22.3 Å². The summed E-state index contributed by atoms with van der Waals surface area (Å²) in [5.74, 6) is -2.27. The van der Waals surface area contributed by atoms with Gasteiger partial charge in [0.1, 0.15) is 0 Å². The monoisotopic (exact) mass is 482 g/mol. The van der Waals surface area contributed by atoms with E-state index < -0.39 is 23.3 Å². The minimum Gasteiger partial charge on any atom is -0.203 e. The van der Waals surface area contributed by atoms with Gasteiger partial charge in [-0.05, 0) is 97.1 Å². The first-order valence-electron chi connectivity index (χ1n) is 13.2. The smallest absolute Gasteiger partial charge is 0.167 e. The third-order valence-electron chi connectivity index (χ3n) is 8.74. The number of hydrogen-bond acceptors (Lipinski definition) is 0. The minimum atomic E-state index is -1.06. The maximum absolute atomic E-state index is 15.4. The van der Waals surface area contributed by atoms with Crippen LogP contribution in [0, 0.1) is 41.0 Å². The van der Waals surface area contributed by atoms with Gasteiger partial charge in [0.25, 0.3) is 0 Å². The van der Waals surface area contributed by atoms with Crippen molar-refractivity contribution in [3.05, 3.63) is 69.8 Å². The molecule has 35 heavy (non-hydrogen) atoms. The molecule has 0 aliphatic heterocycles. The molecule has 0 fully saturated rings. The zero-order valence-corrected chi connectivity index (χ0v) is 20.9. The first-order valence-corrected chi connectivity index (χ1v) is 13.2. The van der Waals surface area contributed by atoms with Crippen molar-refractivity contribution in [3.63, 3.8) is 0 Å². The summed E-state index contributed by atoms with van der Waals surface area (Å²) >= 11 is 0. The van der Waals surface area contributed by atoms with Gasteiger partial charge in [-0.1, -0.05) is 45.8 Å². The highest BCUT2D eigenvalue weighted by Crippen LogP contribution is 2.47. The van der Waals surface area contributed by atoms with Crippen LogP contribution in [0.3, 0.4) is 0 Å². The lowest BCUT2D eigenvalue weighted by atomic mass is 9.77. The third kappa shape index (κ3) is 4.17. The fourth-order valence-electron chi connectivity index (χ4n) is 6.54. The maximum Gasteiger partial charge on any atom is 0.167 e. The highest BCUT2D eigenvalue weighted by Gasteiger charge is 2.33. The van der Waals surface area contributed by atoms with Gasteiger partial charge in [-0.3, -0.25) is 0 Å². The van der Waals surface area contributed by atoms with Gasteiger partial charge >= 0.3 is 0 Å². The van der Waals surface area contributed by atoms with Crippen molar-refractivity contribution in [1.29, 1.82) is 0 Å². The lowest BCUT2D eigenvalue weighted by molar-refractivity contribution is 0.294. The van der Waals surface area contributed by atoms with E-state index in [2.05, 4.69) is 26.8 Å². The molecule has 0 bridgehead atoms. The molecule has 0 saturated heterocycles. The van der Waals surface area contributed by atoms with E-state index in [1.165, 1.54) is 0 Å². The number of fused-ring (bicyclic) bond motifs is 3. The maximum atomic E-state index is 15.4. The topological polar surface area (TPSA) is 0 Å². The van der Waals surface area contributed by atoms with E-state index in [1.54, 1.807) is 12.1 Å². The predicted octanol–water partition coefficient (Wildman–Crippen LogP) is 9.64. The van der Waals surface area contributed by atoms with E-state index in [1.807, 2.05) is 6.08 Å². The summed E-state index contributed by atoms with van der Waals surface area (Å²) in [6, 6.07) is 3.34. The van der Waals surface area contributed by atoms with Gasteiger partial charge in [0.15, 0.2) is 23.3 Å². The van der Waals surface area contributed by atoms with Crippen molar-refractivity contribution in [1.82, 2.24) is 0 Å². The summed E-state index contributed by atoms with van der Waals surface area (Å²) in [7, 11) is 0. The summed E-state index contributed by atoms with van der Waals surface area (Å²) in [5.41, 5.74) is 3.05. The second-order valence-electron chi connectivity index (χ2n) is 10.8. The van der Waals surface area contributed by atoms with Crippen molar-refractivity contribution in [2.24, 2.45) is 17.8 Å². The Labute approximate surface area is 206 Å². The van der Waals surface area contributed by atoms with Crippen LogP contribution in [0.4, 0.5) is 17.6 Å². The SMILES string of the molecule is CCC(CC)C1CC=C(c2cc3c(c(F)c2F)-c2c(cc(C4=CCC(C)CC4)c(F)c2F)C3)CC1. The molecule has 3 aliphatic carbocycles. The van der Waals surface area contributed by atoms with E-state index in [0.717, 1.165) is 49.7 Å². The first-order chi connectivity index (χ1) is 16.8. The van der Waals surface area contributed by atoms with Crippen molar-refractivity contribution < 1.29 is 17.6 Å². The average Bonchev–Trinajstić information content (AvgIpc) is 3.24. The van der Waals surface area contributed by atoms with Crippen LogP contribution in [0.15, 0.2) is 24.3 Å². The molecule has 0 spiro atoms. The van der Waals surface area contributed by atoms with Crippen LogP contribution in [0.2, 0.25) is 0 Å². The standard InChI is InChI=1S/C31H34F4/c1-4-18(5-2)19-10-12-21(13-11-19)25-16-23-14-22-15-24(20-8-6-17(3)7-9-20)28(32)30(34)26(22)27(23)31(35)29(25)33/h8,12,15-19H,4-7,9-11,13-14H2,1-3H3. The minimum absolute atomic E-state index is 0.109. The zero-order valence-electron chi connectivity index (χ0n) is 20.9. The largest absolute Gasteiger partial charge is 0.203 e. The van der Waals surface area contributed by atoms with Crippen molar-refractivity contribution in [2.45, 2.75) is 78.6 Å². The van der Waals surface area contributed by atoms with Gasteiger partial charge in [-0.15, -0.1) is 0 Å². The summed E-state index contributed by atoms with van der Waals surface area (Å²) in [6.07, 6.45) is 11.6. The van der Waals surface area contributed by atoms with Crippen LogP contribution in [-0.4, -0.2) is 0 Å². The highest BCUT2D eigenvalue weighted by molar-refractivity contribution is 5.83. The van der Waals surface area contributed by atoms with Gasteiger partial charge in [-0.25, -0.2) is 17.6 Å². The van der Waals surface area contributed by atoms with E-state index in [-0.39, 0.29) is 28.7 Å². The number of rotatable bonds is 5. The molecule has 0 nitrogen and oxygen atoms in total. The number of halogens is 4. The molecule has 0 N–H and O–H groups in total. The van der Waals surface area contributed by atoms with E-state index in [9.17, 15) is 0 Å². The summed E-state index contributed by atoms with van der Waals surface area (Å²) in [4.78, 5) is 0. The van der Waals surface area contributed by atoms with Crippen LogP contribution in [-0.2, 0) is 6.42 Å². The Kier molecular flexibility index (Phi) is 6.67. The normalized spacial score (nSPS) is 21.6. The Bertz CT molecular complexity index is 1220. The third-order valence-corrected chi connectivity index (χ3v) is 8.74. The lowest BCUT2D eigenvalue weighted by Gasteiger charge is -2.29. The first kappa shape index (κ1) is 24.3. The number of hydrogen-bond donors (Lipinski definition) is 0. The number of benzene rings is 2. The van der Waals surface area contributed by atoms with E-state index in [4.69, 9.17) is 0 Å². The molecule has 2 atom stereocenters. The zero-order chi connectivity index (χ0) is 24.9. The molecule has 0 heterocycles. The molecule has 4 heteroatoms. The second-order valence-corrected chi connectivity index (χ2v) is 10.8. The Morgan fingerprint density at radius 1 is 0.743 bits per heavy atom. The Morgan fingerprint density at radius 2 is 1.26 bits per heavy atom. The van der Waals surface area contributed by atoms with Gasteiger partial charge in [0.05, 0.1) is 0 Å². The fraction of sp³-hybridized carbons (Fsp3) is 0.484. The Hall–Kier alpha value is -2.36. The van der Waals surface area contributed by atoms with Gasteiger partial charge in [-0.2, -0.15) is 0 Å². The van der Waals surface area contributed by atoms with Gasteiger partial charge < -0.3 is 0 Å². The molecule has 2 aromatic rings. The van der Waals surface area contributed by atoms with E-state index >= 15 is 17.6 Å². The molecule has 5 rings (SSSR count). The summed E-state index contributed by atoms with van der Waals surface area (Å²) < 4.78 is 61.2. The van der Waals surface area contributed by atoms with Crippen LogP contribution in [0.1, 0.15) is 94.4 Å². The summed E-state index contributed by atoms with van der Waals surface area (Å²) in [5, 5.41) is 0. The summed E-state index contributed by atoms with van der Waals surface area (Å²) in [6.45, 7) is 6.56. The molecule has 2 aromatic carbocycles. The van der Waals surface area contributed by atoms with Crippen LogP contribution < -0.4 is 0 Å². The van der Waals surface area contributed by atoms with Gasteiger partial charge in [0, 0.05) is 22.3 Å². The second kappa shape index (κ2) is 9.59. The van der Waals surface area contributed by atoms with Gasteiger partial charge in [0.2, 0.25) is 0 Å². The Balaban J connectivity index is 1.51. The predicted molar refractivity (Wildman–Crippen MR) is 135 cm³/mol. The molecule has 0 saturated carbocycles. The molecule has 0 amide bonds. The van der Waals surface area contributed by atoms with Crippen LogP contribution in [0.5, 0.6) is 0 Å². The Morgan fingerprint density at radius 3 is 1.69 bits per heavy atom. The molecule has 186 valence electrons. The molecule has 2 unspecified atom stereocenters. The number of allylic oxidation sites excluding steroid dienone is 4. The molecule has 0 radical (unpaired) electrons. The van der Waals surface area contributed by atoms with E-state index in [0.29, 0.717) is 41.7 Å².